The van der Waals surface area contributed by atoms with Crippen LogP contribution in [0.15, 0.2) is 12.1 Å². The molecule has 1 spiro atoms. The summed E-state index contributed by atoms with van der Waals surface area (Å²) in [5, 5.41) is 11.9. The Balaban J connectivity index is 1.69. The second-order valence-corrected chi connectivity index (χ2v) is 8.44. The third kappa shape index (κ3) is 1.81. The normalized spacial score (nSPS) is 37.3. The number of aliphatic hydroxyl groups is 1. The molecule has 5 nitrogen and oxygen atoms in total. The third-order valence-electron chi connectivity index (χ3n) is 7.27. The molecule has 2 fully saturated rings. The first-order chi connectivity index (χ1) is 12.5. The molecule has 1 saturated heterocycles. The lowest BCUT2D eigenvalue weighted by atomic mass is 9.49. The molecule has 0 radical (unpaired) electrons. The van der Waals surface area contributed by atoms with Gasteiger partial charge in [0.1, 0.15) is 0 Å². The van der Waals surface area contributed by atoms with Crippen molar-refractivity contribution >= 4 is 5.78 Å². The zero-order chi connectivity index (χ0) is 18.1. The number of benzene rings is 1. The average Bonchev–Trinajstić information content (AvgIpc) is 2.98. The van der Waals surface area contributed by atoms with Crippen molar-refractivity contribution in [3.8, 4) is 11.5 Å². The highest BCUT2D eigenvalue weighted by molar-refractivity contribution is 5.90. The molecule has 1 aromatic rings. The summed E-state index contributed by atoms with van der Waals surface area (Å²) in [5.41, 5.74) is 0.767. The molecular formula is C21H27NO4. The van der Waals surface area contributed by atoms with Gasteiger partial charge < -0.3 is 19.5 Å². The van der Waals surface area contributed by atoms with Crippen LogP contribution in [-0.2, 0) is 16.6 Å². The number of likely N-dealkylation sites (tertiary alicyclic amines) is 1. The van der Waals surface area contributed by atoms with Crippen LogP contribution >= 0.6 is 0 Å². The van der Waals surface area contributed by atoms with E-state index in [0.717, 1.165) is 49.3 Å². The van der Waals surface area contributed by atoms with Crippen LogP contribution in [0.3, 0.4) is 0 Å². The smallest absolute Gasteiger partial charge is 0.174 e. The summed E-state index contributed by atoms with van der Waals surface area (Å²) in [7, 11) is 2.09. The summed E-state index contributed by atoms with van der Waals surface area (Å²) >= 11 is 0. The van der Waals surface area contributed by atoms with E-state index in [1.54, 1.807) is 0 Å². The second-order valence-electron chi connectivity index (χ2n) is 8.44. The van der Waals surface area contributed by atoms with Crippen LogP contribution in [0.4, 0.5) is 0 Å². The summed E-state index contributed by atoms with van der Waals surface area (Å²) in [6.45, 7) is 3.66. The minimum Gasteiger partial charge on any atom is -0.490 e. The summed E-state index contributed by atoms with van der Waals surface area (Å²) in [6, 6.07) is 4.15. The number of unbranched alkanes of at least 4 members (excludes halogenated alkanes) is 1. The van der Waals surface area contributed by atoms with E-state index in [-0.39, 0.29) is 11.8 Å². The van der Waals surface area contributed by atoms with Gasteiger partial charge in [0.2, 0.25) is 0 Å². The Morgan fingerprint density at radius 2 is 2.23 bits per heavy atom. The van der Waals surface area contributed by atoms with Gasteiger partial charge in [-0.2, -0.15) is 0 Å². The number of ether oxygens (including phenoxy) is 2. The van der Waals surface area contributed by atoms with Crippen molar-refractivity contribution < 1.29 is 19.4 Å². The number of likely N-dealkylation sites (N-methyl/N-ethyl adjacent to an activating group) is 1. The predicted octanol–water partition coefficient (Wildman–Crippen LogP) is 2.22. The van der Waals surface area contributed by atoms with Crippen LogP contribution in [0, 0.1) is 0 Å². The Kier molecular flexibility index (Phi) is 3.48. The molecule has 140 valence electrons. The first-order valence-corrected chi connectivity index (χ1v) is 9.94. The highest BCUT2D eigenvalue weighted by Gasteiger charge is 2.72. The fraction of sp³-hybridized carbons (Fsp3) is 0.667. The predicted molar refractivity (Wildman–Crippen MR) is 96.9 cm³/mol. The molecular weight excluding hydrogens is 330 g/mol. The highest BCUT2D eigenvalue weighted by Crippen LogP contribution is 2.64. The molecule has 4 atom stereocenters. The van der Waals surface area contributed by atoms with E-state index in [4.69, 9.17) is 9.47 Å². The zero-order valence-corrected chi connectivity index (χ0v) is 15.6. The van der Waals surface area contributed by atoms with E-state index in [1.807, 2.05) is 6.07 Å². The zero-order valence-electron chi connectivity index (χ0n) is 15.6. The fourth-order valence-electron chi connectivity index (χ4n) is 5.96. The second kappa shape index (κ2) is 5.46. The fourth-order valence-corrected chi connectivity index (χ4v) is 5.96. The summed E-state index contributed by atoms with van der Waals surface area (Å²) in [5.74, 6) is 1.58. The van der Waals surface area contributed by atoms with E-state index >= 15 is 0 Å². The van der Waals surface area contributed by atoms with E-state index in [2.05, 4.69) is 24.9 Å². The maximum atomic E-state index is 12.8. The van der Waals surface area contributed by atoms with Gasteiger partial charge in [-0.15, -0.1) is 0 Å². The van der Waals surface area contributed by atoms with Crippen molar-refractivity contribution in [2.24, 2.45) is 0 Å². The minimum atomic E-state index is -0.904. The Morgan fingerprint density at radius 3 is 3.04 bits per heavy atom. The number of Topliss-reactive ketones (excluding diaryl/α,β-unsaturated/α-hetero) is 1. The molecule has 4 aliphatic rings. The Morgan fingerprint density at radius 1 is 1.38 bits per heavy atom. The number of piperidine rings is 1. The Bertz CT molecular complexity index is 778. The first kappa shape index (κ1) is 16.6. The molecule has 1 saturated carbocycles. The average molecular weight is 357 g/mol. The number of hydrogen-bond acceptors (Lipinski definition) is 5. The monoisotopic (exact) mass is 357 g/mol. The molecule has 2 aliphatic heterocycles. The quantitative estimate of drug-likeness (QED) is 0.838. The summed E-state index contributed by atoms with van der Waals surface area (Å²) in [6.07, 6.45) is 3.97. The molecule has 1 N–H and O–H groups in total. The lowest BCUT2D eigenvalue weighted by molar-refractivity contribution is -0.185. The number of nitrogens with zero attached hydrogens (tertiary/aromatic N) is 1. The molecule has 0 amide bonds. The topological polar surface area (TPSA) is 59.0 Å². The van der Waals surface area contributed by atoms with Gasteiger partial charge in [-0.25, -0.2) is 0 Å². The van der Waals surface area contributed by atoms with Gasteiger partial charge in [0.25, 0.3) is 0 Å². The van der Waals surface area contributed by atoms with Crippen LogP contribution < -0.4 is 9.47 Å². The molecule has 26 heavy (non-hydrogen) atoms. The Hall–Kier alpha value is -1.59. The van der Waals surface area contributed by atoms with Gasteiger partial charge in [-0.3, -0.25) is 4.79 Å². The van der Waals surface area contributed by atoms with E-state index in [9.17, 15) is 9.90 Å². The van der Waals surface area contributed by atoms with E-state index in [1.165, 1.54) is 5.56 Å². The highest BCUT2D eigenvalue weighted by atomic mass is 16.5. The molecule has 5 heteroatoms. The van der Waals surface area contributed by atoms with Gasteiger partial charge in [-0.05, 0) is 50.9 Å². The summed E-state index contributed by atoms with van der Waals surface area (Å²) < 4.78 is 12.3. The van der Waals surface area contributed by atoms with Crippen molar-refractivity contribution in [1.29, 1.82) is 0 Å². The van der Waals surface area contributed by atoms with Gasteiger partial charge in [-0.1, -0.05) is 19.4 Å². The standard InChI is InChI=1S/C21H27NO4/c1-3-4-11-25-15-6-5-13-12-16-21(24)8-7-14(23)19-20(21,9-10-22(16)2)17(13)18(15)26-19/h5-6,16,19,24H,3-4,7-12H2,1-2H3/t16-,19+,20+,21-/m1/s1. The Labute approximate surface area is 154 Å². The molecule has 1 aromatic carbocycles. The van der Waals surface area contributed by atoms with Crippen molar-refractivity contribution in [2.75, 3.05) is 20.2 Å². The number of rotatable bonds is 4. The van der Waals surface area contributed by atoms with Crippen molar-refractivity contribution in [3.63, 3.8) is 0 Å². The molecule has 5 rings (SSSR count). The first-order valence-electron chi connectivity index (χ1n) is 9.94. The van der Waals surface area contributed by atoms with Gasteiger partial charge in [0.15, 0.2) is 23.4 Å². The van der Waals surface area contributed by atoms with Gasteiger partial charge >= 0.3 is 0 Å². The van der Waals surface area contributed by atoms with Crippen molar-refractivity contribution in [3.05, 3.63) is 23.3 Å². The number of carbonyl (C=O) groups excluding carboxylic acids is 1. The van der Waals surface area contributed by atoms with Crippen molar-refractivity contribution in [2.45, 2.75) is 68.6 Å². The molecule has 0 aromatic heterocycles. The maximum Gasteiger partial charge on any atom is 0.174 e. The van der Waals surface area contributed by atoms with Crippen molar-refractivity contribution in [1.82, 2.24) is 4.90 Å². The molecule has 2 bridgehead atoms. The van der Waals surface area contributed by atoms with Crippen LogP contribution in [0.25, 0.3) is 0 Å². The summed E-state index contributed by atoms with van der Waals surface area (Å²) in [4.78, 5) is 15.1. The van der Waals surface area contributed by atoms with Gasteiger partial charge in [0, 0.05) is 18.0 Å². The van der Waals surface area contributed by atoms with Crippen LogP contribution in [0.1, 0.15) is 50.2 Å². The minimum absolute atomic E-state index is 0.0424. The number of carbonyl (C=O) groups is 1. The molecule has 2 aliphatic carbocycles. The molecule has 2 heterocycles. The number of ketones is 1. The third-order valence-corrected chi connectivity index (χ3v) is 7.27. The molecule has 0 unspecified atom stereocenters. The SMILES string of the molecule is CCCCOc1ccc2c3c1O[C@H]1C(=O)CC[C@@]4(O)[C@@H](C2)N(C)CC[C@]314. The van der Waals surface area contributed by atoms with Crippen LogP contribution in [0.2, 0.25) is 0 Å². The maximum absolute atomic E-state index is 12.8. The van der Waals surface area contributed by atoms with Gasteiger partial charge in [0.05, 0.1) is 17.6 Å². The van der Waals surface area contributed by atoms with Crippen LogP contribution in [0.5, 0.6) is 11.5 Å². The lowest BCUT2D eigenvalue weighted by Crippen LogP contribution is -2.76. The lowest BCUT2D eigenvalue weighted by Gasteiger charge is -2.62. The van der Waals surface area contributed by atoms with E-state index < -0.39 is 17.1 Å². The van der Waals surface area contributed by atoms with E-state index in [0.29, 0.717) is 19.4 Å². The largest absolute Gasteiger partial charge is 0.490 e. The number of hydrogen-bond donors (Lipinski definition) is 1. The van der Waals surface area contributed by atoms with Crippen LogP contribution in [-0.4, -0.2) is 53.7 Å².